The van der Waals surface area contributed by atoms with E-state index in [2.05, 4.69) is 5.32 Å². The number of nitrogens with one attached hydrogen (secondary N) is 1. The van der Waals surface area contributed by atoms with Gasteiger partial charge in [-0.05, 0) is 29.8 Å². The third-order valence-electron chi connectivity index (χ3n) is 2.56. The fraction of sp³-hybridized carbons (Fsp3) is 0.0769. The molecule has 0 spiro atoms. The molecular weight excluding hydrogens is 326 g/mol. The van der Waals surface area contributed by atoms with E-state index in [1.165, 1.54) is 0 Å². The standard InChI is InChI=1S/C13H10Cl4N2/c14-8-2-1-7(3-9(8)15)6-19-13-5-11(17)10(16)4-12(13)18/h1-5,19H,6,18H2. The Balaban J connectivity index is 2.14. The molecule has 0 bridgehead atoms. The highest BCUT2D eigenvalue weighted by molar-refractivity contribution is 6.42. The van der Waals surface area contributed by atoms with Crippen molar-refractivity contribution in [3.8, 4) is 0 Å². The predicted octanol–water partition coefficient (Wildman–Crippen LogP) is 5.49. The van der Waals surface area contributed by atoms with Gasteiger partial charge in [0.2, 0.25) is 0 Å². The highest BCUT2D eigenvalue weighted by Crippen LogP contribution is 2.31. The van der Waals surface area contributed by atoms with Gasteiger partial charge in [0, 0.05) is 6.54 Å². The number of halogens is 4. The summed E-state index contributed by atoms with van der Waals surface area (Å²) in [7, 11) is 0. The van der Waals surface area contributed by atoms with Crippen molar-refractivity contribution in [2.24, 2.45) is 0 Å². The van der Waals surface area contributed by atoms with Crippen LogP contribution in [0.4, 0.5) is 11.4 Å². The fourth-order valence-electron chi connectivity index (χ4n) is 1.56. The Morgan fingerprint density at radius 3 is 2.16 bits per heavy atom. The van der Waals surface area contributed by atoms with Gasteiger partial charge in [-0.15, -0.1) is 0 Å². The SMILES string of the molecule is Nc1cc(Cl)c(Cl)cc1NCc1ccc(Cl)c(Cl)c1. The van der Waals surface area contributed by atoms with Gasteiger partial charge in [-0.1, -0.05) is 52.5 Å². The van der Waals surface area contributed by atoms with E-state index >= 15 is 0 Å². The molecule has 0 aliphatic carbocycles. The average Bonchev–Trinajstić information content (AvgIpc) is 2.36. The monoisotopic (exact) mass is 334 g/mol. The van der Waals surface area contributed by atoms with Crippen LogP contribution in [0.5, 0.6) is 0 Å². The van der Waals surface area contributed by atoms with Crippen molar-refractivity contribution in [2.45, 2.75) is 6.54 Å². The summed E-state index contributed by atoms with van der Waals surface area (Å²) in [4.78, 5) is 0. The third kappa shape index (κ3) is 3.61. The van der Waals surface area contributed by atoms with Crippen LogP contribution in [0.15, 0.2) is 30.3 Å². The maximum absolute atomic E-state index is 5.95. The molecule has 0 heterocycles. The van der Waals surface area contributed by atoms with E-state index in [4.69, 9.17) is 52.1 Å². The first kappa shape index (κ1) is 14.6. The lowest BCUT2D eigenvalue weighted by molar-refractivity contribution is 1.15. The normalized spacial score (nSPS) is 10.5. The van der Waals surface area contributed by atoms with Gasteiger partial charge in [0.15, 0.2) is 0 Å². The minimum absolute atomic E-state index is 0.430. The summed E-state index contributed by atoms with van der Waals surface area (Å²) in [6.07, 6.45) is 0. The van der Waals surface area contributed by atoms with E-state index in [-0.39, 0.29) is 0 Å². The zero-order valence-electron chi connectivity index (χ0n) is 9.68. The molecule has 0 fully saturated rings. The van der Waals surface area contributed by atoms with Gasteiger partial charge >= 0.3 is 0 Å². The molecular formula is C13H10Cl4N2. The summed E-state index contributed by atoms with van der Waals surface area (Å²) < 4.78 is 0. The van der Waals surface area contributed by atoms with Gasteiger partial charge in [0.1, 0.15) is 0 Å². The predicted molar refractivity (Wildman–Crippen MR) is 84.7 cm³/mol. The molecule has 2 aromatic carbocycles. The Hall–Kier alpha value is -0.800. The van der Waals surface area contributed by atoms with Crippen molar-refractivity contribution >= 4 is 57.8 Å². The minimum atomic E-state index is 0.430. The summed E-state index contributed by atoms with van der Waals surface area (Å²) in [5.41, 5.74) is 8.10. The maximum Gasteiger partial charge on any atom is 0.0614 e. The molecule has 0 radical (unpaired) electrons. The Bertz CT molecular complexity index is 614. The summed E-state index contributed by atoms with van der Waals surface area (Å²) in [6.45, 7) is 0.555. The van der Waals surface area contributed by atoms with Crippen molar-refractivity contribution in [3.05, 3.63) is 56.0 Å². The topological polar surface area (TPSA) is 38.0 Å². The fourth-order valence-corrected chi connectivity index (χ4v) is 2.22. The molecule has 0 aliphatic heterocycles. The van der Waals surface area contributed by atoms with E-state index in [9.17, 15) is 0 Å². The molecule has 2 nitrogen and oxygen atoms in total. The minimum Gasteiger partial charge on any atom is -0.397 e. The van der Waals surface area contributed by atoms with Crippen LogP contribution < -0.4 is 11.1 Å². The zero-order chi connectivity index (χ0) is 14.0. The third-order valence-corrected chi connectivity index (χ3v) is 4.02. The Kier molecular flexibility index (Phi) is 4.69. The molecule has 0 saturated carbocycles. The van der Waals surface area contributed by atoms with E-state index in [1.54, 1.807) is 24.3 Å². The van der Waals surface area contributed by atoms with Crippen LogP contribution in [0.25, 0.3) is 0 Å². The number of nitrogen functional groups attached to an aromatic ring is 1. The number of anilines is 2. The van der Waals surface area contributed by atoms with Crippen LogP contribution in [0.3, 0.4) is 0 Å². The van der Waals surface area contributed by atoms with E-state index in [1.807, 2.05) is 6.07 Å². The Morgan fingerprint density at radius 2 is 1.47 bits per heavy atom. The van der Waals surface area contributed by atoms with Crippen molar-refractivity contribution in [1.82, 2.24) is 0 Å². The molecule has 0 amide bonds. The van der Waals surface area contributed by atoms with Crippen molar-refractivity contribution in [2.75, 3.05) is 11.1 Å². The number of hydrogen-bond donors (Lipinski definition) is 2. The van der Waals surface area contributed by atoms with Crippen LogP contribution in [0, 0.1) is 0 Å². The average molecular weight is 336 g/mol. The molecule has 19 heavy (non-hydrogen) atoms. The van der Waals surface area contributed by atoms with Crippen molar-refractivity contribution in [3.63, 3.8) is 0 Å². The zero-order valence-corrected chi connectivity index (χ0v) is 12.7. The van der Waals surface area contributed by atoms with Gasteiger partial charge < -0.3 is 11.1 Å². The molecule has 2 aromatic rings. The Morgan fingerprint density at radius 1 is 0.842 bits per heavy atom. The second-order valence-electron chi connectivity index (χ2n) is 3.96. The Labute approximate surface area is 131 Å². The number of hydrogen-bond acceptors (Lipinski definition) is 2. The second-order valence-corrected chi connectivity index (χ2v) is 5.58. The van der Waals surface area contributed by atoms with Gasteiger partial charge in [-0.3, -0.25) is 0 Å². The lowest BCUT2D eigenvalue weighted by Gasteiger charge is -2.11. The van der Waals surface area contributed by atoms with Crippen LogP contribution >= 0.6 is 46.4 Å². The van der Waals surface area contributed by atoms with E-state index in [0.717, 1.165) is 11.3 Å². The lowest BCUT2D eigenvalue weighted by atomic mass is 10.2. The van der Waals surface area contributed by atoms with Gasteiger partial charge in [0.25, 0.3) is 0 Å². The highest BCUT2D eigenvalue weighted by Gasteiger charge is 2.05. The lowest BCUT2D eigenvalue weighted by Crippen LogP contribution is -2.02. The number of nitrogens with two attached hydrogens (primary N) is 1. The molecule has 0 aliphatic rings. The first-order chi connectivity index (χ1) is 8.97. The molecule has 6 heteroatoms. The van der Waals surface area contributed by atoms with Gasteiger partial charge in [-0.2, -0.15) is 0 Å². The molecule has 0 atom stereocenters. The van der Waals surface area contributed by atoms with Crippen LogP contribution in [0.2, 0.25) is 20.1 Å². The number of rotatable bonds is 3. The summed E-state index contributed by atoms with van der Waals surface area (Å²) in [6, 6.07) is 8.73. The second kappa shape index (κ2) is 6.10. The van der Waals surface area contributed by atoms with Crippen LogP contribution in [-0.2, 0) is 6.54 Å². The quantitative estimate of drug-likeness (QED) is 0.727. The van der Waals surface area contributed by atoms with Gasteiger partial charge in [0.05, 0.1) is 31.5 Å². The van der Waals surface area contributed by atoms with Crippen LogP contribution in [-0.4, -0.2) is 0 Å². The van der Waals surface area contributed by atoms with E-state index in [0.29, 0.717) is 32.3 Å². The summed E-state index contributed by atoms with van der Waals surface area (Å²) in [5, 5.41) is 5.10. The maximum atomic E-state index is 5.95. The highest BCUT2D eigenvalue weighted by atomic mass is 35.5. The molecule has 2 rings (SSSR count). The molecule has 100 valence electrons. The first-order valence-electron chi connectivity index (χ1n) is 5.39. The molecule has 0 unspecified atom stereocenters. The molecule has 0 saturated heterocycles. The number of benzene rings is 2. The van der Waals surface area contributed by atoms with Gasteiger partial charge in [-0.25, -0.2) is 0 Å². The molecule has 3 N–H and O–H groups in total. The first-order valence-corrected chi connectivity index (χ1v) is 6.91. The largest absolute Gasteiger partial charge is 0.397 e. The van der Waals surface area contributed by atoms with Crippen molar-refractivity contribution < 1.29 is 0 Å². The van der Waals surface area contributed by atoms with E-state index < -0.39 is 0 Å². The summed E-state index contributed by atoms with van der Waals surface area (Å²) >= 11 is 23.6. The van der Waals surface area contributed by atoms with Crippen LogP contribution in [0.1, 0.15) is 5.56 Å². The summed E-state index contributed by atoms with van der Waals surface area (Å²) in [5.74, 6) is 0. The van der Waals surface area contributed by atoms with Crippen molar-refractivity contribution in [1.29, 1.82) is 0 Å². The smallest absolute Gasteiger partial charge is 0.0614 e. The molecule has 0 aromatic heterocycles.